The molecule has 8 heteroatoms. The summed E-state index contributed by atoms with van der Waals surface area (Å²) in [5, 5.41) is 4.55. The van der Waals surface area contributed by atoms with Gasteiger partial charge in [0.05, 0.1) is 24.7 Å². The highest BCUT2D eigenvalue weighted by Crippen LogP contribution is 2.45. The molecule has 3 aromatic heterocycles. The van der Waals surface area contributed by atoms with Gasteiger partial charge in [0, 0.05) is 12.5 Å². The minimum Gasteiger partial charge on any atom is -0.480 e. The van der Waals surface area contributed by atoms with Crippen LogP contribution in [0.4, 0.5) is 0 Å². The van der Waals surface area contributed by atoms with Crippen molar-refractivity contribution in [3.8, 4) is 17.3 Å². The minimum absolute atomic E-state index is 0.0407. The zero-order valence-electron chi connectivity index (χ0n) is 15.6. The fourth-order valence-electron chi connectivity index (χ4n) is 3.80. The lowest BCUT2D eigenvalue weighted by molar-refractivity contribution is -0.0367. The number of fused-ring (bicyclic) bond motifs is 1. The zero-order chi connectivity index (χ0) is 18.4. The molecule has 1 atom stereocenters. The molecule has 2 aliphatic rings. The lowest BCUT2D eigenvalue weighted by atomic mass is 10.1. The molecule has 5 rings (SSSR count). The summed E-state index contributed by atoms with van der Waals surface area (Å²) in [6.07, 6.45) is 8.78. The second kappa shape index (κ2) is 6.53. The molecule has 1 saturated carbocycles. The molecule has 1 aliphatic carbocycles. The van der Waals surface area contributed by atoms with Crippen molar-refractivity contribution in [2.75, 3.05) is 13.7 Å². The van der Waals surface area contributed by atoms with Crippen LogP contribution in [-0.2, 0) is 4.74 Å². The van der Waals surface area contributed by atoms with E-state index in [9.17, 15) is 0 Å². The predicted octanol–water partition coefficient (Wildman–Crippen LogP) is 3.18. The van der Waals surface area contributed by atoms with Crippen LogP contribution in [0.25, 0.3) is 22.4 Å². The van der Waals surface area contributed by atoms with Crippen molar-refractivity contribution in [2.24, 2.45) is 0 Å². The first-order valence-corrected chi connectivity index (χ1v) is 9.49. The molecule has 1 unspecified atom stereocenters. The van der Waals surface area contributed by atoms with Gasteiger partial charge in [0.1, 0.15) is 22.9 Å². The zero-order valence-corrected chi connectivity index (χ0v) is 15.6. The molecule has 0 bridgehead atoms. The molecule has 4 heterocycles. The van der Waals surface area contributed by atoms with Crippen LogP contribution in [0.15, 0.2) is 12.5 Å². The highest BCUT2D eigenvalue weighted by Gasteiger charge is 2.32. The van der Waals surface area contributed by atoms with Gasteiger partial charge < -0.3 is 9.47 Å². The van der Waals surface area contributed by atoms with Gasteiger partial charge in [-0.05, 0) is 39.0 Å². The van der Waals surface area contributed by atoms with E-state index in [-0.39, 0.29) is 6.23 Å². The van der Waals surface area contributed by atoms with E-state index >= 15 is 0 Å². The number of aromatic nitrogens is 6. The number of methoxy groups -OCH3 is 1. The quantitative estimate of drug-likeness (QED) is 0.701. The highest BCUT2D eigenvalue weighted by molar-refractivity contribution is 5.80. The van der Waals surface area contributed by atoms with Crippen molar-refractivity contribution < 1.29 is 9.47 Å². The van der Waals surface area contributed by atoms with Gasteiger partial charge in [-0.2, -0.15) is 5.10 Å². The molecule has 0 spiro atoms. The first-order chi connectivity index (χ1) is 13.3. The van der Waals surface area contributed by atoms with E-state index in [4.69, 9.17) is 19.4 Å². The van der Waals surface area contributed by atoms with E-state index < -0.39 is 0 Å². The first kappa shape index (κ1) is 16.6. The van der Waals surface area contributed by atoms with E-state index in [1.165, 1.54) is 0 Å². The predicted molar refractivity (Wildman–Crippen MR) is 98.5 cm³/mol. The van der Waals surface area contributed by atoms with Crippen molar-refractivity contribution in [1.82, 2.24) is 29.7 Å². The summed E-state index contributed by atoms with van der Waals surface area (Å²) in [6.45, 7) is 2.76. The van der Waals surface area contributed by atoms with E-state index in [0.29, 0.717) is 17.6 Å². The Bertz CT molecular complexity index is 991. The Morgan fingerprint density at radius 3 is 2.78 bits per heavy atom. The maximum Gasteiger partial charge on any atom is 0.227 e. The number of aryl methyl sites for hydroxylation is 1. The Kier molecular flexibility index (Phi) is 4.00. The van der Waals surface area contributed by atoms with Crippen LogP contribution in [0.5, 0.6) is 5.88 Å². The van der Waals surface area contributed by atoms with E-state index in [1.807, 2.05) is 11.6 Å². The maximum atomic E-state index is 5.90. The van der Waals surface area contributed by atoms with E-state index in [2.05, 4.69) is 15.1 Å². The highest BCUT2D eigenvalue weighted by atomic mass is 16.5. The maximum absolute atomic E-state index is 5.90. The summed E-state index contributed by atoms with van der Waals surface area (Å²) in [7, 11) is 1.62. The Morgan fingerprint density at radius 1 is 1.15 bits per heavy atom. The summed E-state index contributed by atoms with van der Waals surface area (Å²) < 4.78 is 13.3. The Morgan fingerprint density at radius 2 is 2.04 bits per heavy atom. The number of hydrogen-bond acceptors (Lipinski definition) is 7. The van der Waals surface area contributed by atoms with E-state index in [0.717, 1.165) is 66.7 Å². The largest absolute Gasteiger partial charge is 0.480 e. The average molecular weight is 366 g/mol. The molecule has 8 nitrogen and oxygen atoms in total. The smallest absolute Gasteiger partial charge is 0.227 e. The standard InChI is InChI=1S/C19H22N6O2/c1-11-17-13(9-22-25(17)14-5-3-4-8-27-14)24-18(23-11)15-16(12-6-7-12)20-10-21-19(15)26-2/h9-10,12,14H,3-8H2,1-2H3. The molecule has 2 fully saturated rings. The van der Waals surface area contributed by atoms with Crippen molar-refractivity contribution in [1.29, 1.82) is 0 Å². The molecule has 27 heavy (non-hydrogen) atoms. The second-order valence-corrected chi connectivity index (χ2v) is 7.19. The lowest BCUT2D eigenvalue weighted by Crippen LogP contribution is -2.19. The summed E-state index contributed by atoms with van der Waals surface area (Å²) in [6, 6.07) is 0. The third-order valence-corrected chi connectivity index (χ3v) is 5.27. The fraction of sp³-hybridized carbons (Fsp3) is 0.526. The van der Waals surface area contributed by atoms with Gasteiger partial charge in [-0.1, -0.05) is 0 Å². The number of ether oxygens (including phenoxy) is 2. The molecule has 1 aliphatic heterocycles. The number of nitrogens with zero attached hydrogens (tertiary/aromatic N) is 6. The van der Waals surface area contributed by atoms with Crippen LogP contribution in [0.2, 0.25) is 0 Å². The van der Waals surface area contributed by atoms with Crippen molar-refractivity contribution in [2.45, 2.75) is 51.2 Å². The van der Waals surface area contributed by atoms with Crippen LogP contribution < -0.4 is 4.74 Å². The van der Waals surface area contributed by atoms with Gasteiger partial charge in [-0.3, -0.25) is 0 Å². The second-order valence-electron chi connectivity index (χ2n) is 7.19. The summed E-state index contributed by atoms with van der Waals surface area (Å²) in [5.41, 5.74) is 4.38. The summed E-state index contributed by atoms with van der Waals surface area (Å²) in [4.78, 5) is 18.4. The average Bonchev–Trinajstić information content (AvgIpc) is 3.46. The third kappa shape index (κ3) is 2.84. The molecule has 0 radical (unpaired) electrons. The van der Waals surface area contributed by atoms with Crippen LogP contribution in [0.1, 0.15) is 55.6 Å². The SMILES string of the molecule is COc1ncnc(C2CC2)c1-c1nc(C)c2c(cnn2C2CCCCO2)n1. The van der Waals surface area contributed by atoms with Gasteiger partial charge in [0.15, 0.2) is 12.1 Å². The monoisotopic (exact) mass is 366 g/mol. The molecule has 3 aromatic rings. The van der Waals surface area contributed by atoms with Gasteiger partial charge in [0.2, 0.25) is 5.88 Å². The number of hydrogen-bond donors (Lipinski definition) is 0. The van der Waals surface area contributed by atoms with Crippen LogP contribution in [0, 0.1) is 6.92 Å². The number of rotatable bonds is 4. The molecule has 0 aromatic carbocycles. The molecular weight excluding hydrogens is 344 g/mol. The van der Waals surface area contributed by atoms with Crippen LogP contribution >= 0.6 is 0 Å². The molecular formula is C19H22N6O2. The van der Waals surface area contributed by atoms with Gasteiger partial charge in [-0.15, -0.1) is 0 Å². The Hall–Kier alpha value is -2.61. The molecule has 0 N–H and O–H groups in total. The normalized spacial score (nSPS) is 20.1. The lowest BCUT2D eigenvalue weighted by Gasteiger charge is -2.23. The molecule has 0 amide bonds. The van der Waals surface area contributed by atoms with Crippen LogP contribution in [0.3, 0.4) is 0 Å². The summed E-state index contributed by atoms with van der Waals surface area (Å²) in [5.74, 6) is 1.56. The minimum atomic E-state index is -0.0407. The van der Waals surface area contributed by atoms with Crippen LogP contribution in [-0.4, -0.2) is 43.4 Å². The molecule has 140 valence electrons. The van der Waals surface area contributed by atoms with Crippen molar-refractivity contribution in [3.05, 3.63) is 23.9 Å². The fourth-order valence-corrected chi connectivity index (χ4v) is 3.80. The summed E-state index contributed by atoms with van der Waals surface area (Å²) >= 11 is 0. The van der Waals surface area contributed by atoms with Gasteiger partial charge >= 0.3 is 0 Å². The third-order valence-electron chi connectivity index (χ3n) is 5.27. The Labute approximate surface area is 157 Å². The van der Waals surface area contributed by atoms with Gasteiger partial charge in [0.25, 0.3) is 0 Å². The Balaban J connectivity index is 1.64. The van der Waals surface area contributed by atoms with E-state index in [1.54, 1.807) is 19.6 Å². The first-order valence-electron chi connectivity index (χ1n) is 9.49. The van der Waals surface area contributed by atoms with Crippen molar-refractivity contribution in [3.63, 3.8) is 0 Å². The van der Waals surface area contributed by atoms with Crippen molar-refractivity contribution >= 4 is 11.0 Å². The topological polar surface area (TPSA) is 87.8 Å². The molecule has 1 saturated heterocycles. The van der Waals surface area contributed by atoms with Gasteiger partial charge in [-0.25, -0.2) is 24.6 Å².